The molecule has 1 aliphatic rings. The SMILES string of the molecule is CC1(C)CCCNC1CNC(=O)c1cccc(F)c1Cl. The van der Waals surface area contributed by atoms with Gasteiger partial charge in [-0.1, -0.05) is 31.5 Å². The van der Waals surface area contributed by atoms with Gasteiger partial charge in [0.05, 0.1) is 10.6 Å². The van der Waals surface area contributed by atoms with Gasteiger partial charge in [0.1, 0.15) is 5.82 Å². The van der Waals surface area contributed by atoms with E-state index in [0.717, 1.165) is 19.4 Å². The maximum atomic E-state index is 13.3. The Balaban J connectivity index is 2.00. The Hall–Kier alpha value is -1.13. The molecule has 1 fully saturated rings. The van der Waals surface area contributed by atoms with Gasteiger partial charge in [-0.05, 0) is 36.9 Å². The van der Waals surface area contributed by atoms with E-state index in [1.54, 1.807) is 0 Å². The minimum Gasteiger partial charge on any atom is -0.350 e. The predicted molar refractivity (Wildman–Crippen MR) is 78.5 cm³/mol. The van der Waals surface area contributed by atoms with Gasteiger partial charge < -0.3 is 10.6 Å². The van der Waals surface area contributed by atoms with E-state index in [0.29, 0.717) is 6.54 Å². The number of rotatable bonds is 3. The lowest BCUT2D eigenvalue weighted by molar-refractivity contribution is 0.0928. The Bertz CT molecular complexity index is 505. The Morgan fingerprint density at radius 3 is 3.00 bits per heavy atom. The van der Waals surface area contributed by atoms with Crippen molar-refractivity contribution in [2.75, 3.05) is 13.1 Å². The molecule has 0 spiro atoms. The topological polar surface area (TPSA) is 41.1 Å². The summed E-state index contributed by atoms with van der Waals surface area (Å²) in [7, 11) is 0. The van der Waals surface area contributed by atoms with E-state index in [9.17, 15) is 9.18 Å². The molecule has 1 saturated heterocycles. The average molecular weight is 299 g/mol. The Morgan fingerprint density at radius 2 is 2.30 bits per heavy atom. The second kappa shape index (κ2) is 6.10. The summed E-state index contributed by atoms with van der Waals surface area (Å²) in [6.07, 6.45) is 2.27. The molecule has 110 valence electrons. The number of carbonyl (C=O) groups excluding carboxylic acids is 1. The fourth-order valence-electron chi connectivity index (χ4n) is 2.59. The fourth-order valence-corrected chi connectivity index (χ4v) is 2.80. The molecule has 0 aliphatic carbocycles. The summed E-state index contributed by atoms with van der Waals surface area (Å²) in [4.78, 5) is 12.1. The number of amides is 1. The van der Waals surface area contributed by atoms with Crippen LogP contribution in [0.1, 0.15) is 37.0 Å². The zero-order chi connectivity index (χ0) is 14.8. The number of benzene rings is 1. The molecule has 3 nitrogen and oxygen atoms in total. The quantitative estimate of drug-likeness (QED) is 0.901. The number of nitrogens with one attached hydrogen (secondary N) is 2. The van der Waals surface area contributed by atoms with Crippen LogP contribution in [0.4, 0.5) is 4.39 Å². The standard InChI is InChI=1S/C15H20ClFN2O/c1-15(2)7-4-8-18-12(15)9-19-14(20)10-5-3-6-11(17)13(10)16/h3,5-6,12,18H,4,7-9H2,1-2H3,(H,19,20). The zero-order valence-corrected chi connectivity index (χ0v) is 12.6. The first-order valence-electron chi connectivity index (χ1n) is 6.87. The monoisotopic (exact) mass is 298 g/mol. The van der Waals surface area contributed by atoms with Crippen molar-refractivity contribution in [3.8, 4) is 0 Å². The molecule has 1 atom stereocenters. The van der Waals surface area contributed by atoms with Gasteiger partial charge >= 0.3 is 0 Å². The number of piperidine rings is 1. The minimum absolute atomic E-state index is 0.124. The molecule has 1 aliphatic heterocycles. The first kappa shape index (κ1) is 15.3. The van der Waals surface area contributed by atoms with Crippen molar-refractivity contribution in [2.24, 2.45) is 5.41 Å². The Kier molecular flexibility index (Phi) is 4.66. The summed E-state index contributed by atoms with van der Waals surface area (Å²) >= 11 is 5.81. The number of halogens is 2. The lowest BCUT2D eigenvalue weighted by Gasteiger charge is -2.39. The van der Waals surface area contributed by atoms with E-state index in [2.05, 4.69) is 24.5 Å². The van der Waals surface area contributed by atoms with Crippen molar-refractivity contribution in [1.82, 2.24) is 10.6 Å². The maximum Gasteiger partial charge on any atom is 0.252 e. The van der Waals surface area contributed by atoms with E-state index >= 15 is 0 Å². The van der Waals surface area contributed by atoms with Crippen molar-refractivity contribution < 1.29 is 9.18 Å². The van der Waals surface area contributed by atoms with Gasteiger partial charge in [-0.2, -0.15) is 0 Å². The van der Waals surface area contributed by atoms with Gasteiger partial charge in [0.25, 0.3) is 5.91 Å². The summed E-state index contributed by atoms with van der Waals surface area (Å²) in [5.41, 5.74) is 0.317. The van der Waals surface area contributed by atoms with Crippen LogP contribution in [-0.4, -0.2) is 25.0 Å². The molecule has 0 saturated carbocycles. The number of hydrogen-bond donors (Lipinski definition) is 2. The molecule has 1 aromatic rings. The average Bonchev–Trinajstić information content (AvgIpc) is 2.40. The molecule has 20 heavy (non-hydrogen) atoms. The smallest absolute Gasteiger partial charge is 0.252 e. The summed E-state index contributed by atoms with van der Waals surface area (Å²) in [6.45, 7) is 5.85. The first-order chi connectivity index (χ1) is 9.42. The first-order valence-corrected chi connectivity index (χ1v) is 7.25. The third-order valence-corrected chi connectivity index (χ3v) is 4.38. The normalized spacial score (nSPS) is 21.5. The van der Waals surface area contributed by atoms with E-state index < -0.39 is 5.82 Å². The Morgan fingerprint density at radius 1 is 1.55 bits per heavy atom. The Labute approximate surface area is 123 Å². The van der Waals surface area contributed by atoms with Gasteiger partial charge in [-0.3, -0.25) is 4.79 Å². The van der Waals surface area contributed by atoms with Crippen molar-refractivity contribution >= 4 is 17.5 Å². The van der Waals surface area contributed by atoms with E-state index in [-0.39, 0.29) is 28.0 Å². The number of hydrogen-bond acceptors (Lipinski definition) is 2. The highest BCUT2D eigenvalue weighted by atomic mass is 35.5. The molecule has 1 aromatic carbocycles. The zero-order valence-electron chi connectivity index (χ0n) is 11.8. The molecule has 1 unspecified atom stereocenters. The highest BCUT2D eigenvalue weighted by molar-refractivity contribution is 6.34. The highest BCUT2D eigenvalue weighted by Gasteiger charge is 2.32. The summed E-state index contributed by atoms with van der Waals surface area (Å²) < 4.78 is 13.3. The predicted octanol–water partition coefficient (Wildman–Crippen LogP) is 2.99. The highest BCUT2D eigenvalue weighted by Crippen LogP contribution is 2.29. The lowest BCUT2D eigenvalue weighted by atomic mass is 9.77. The molecular weight excluding hydrogens is 279 g/mol. The molecule has 5 heteroatoms. The summed E-state index contributed by atoms with van der Waals surface area (Å²) in [6, 6.07) is 4.47. The van der Waals surface area contributed by atoms with Gasteiger partial charge in [0.15, 0.2) is 0 Å². The van der Waals surface area contributed by atoms with Crippen LogP contribution >= 0.6 is 11.6 Å². The number of carbonyl (C=O) groups is 1. The van der Waals surface area contributed by atoms with Gasteiger partial charge in [0, 0.05) is 12.6 Å². The van der Waals surface area contributed by atoms with Gasteiger partial charge in [-0.25, -0.2) is 4.39 Å². The molecule has 0 aromatic heterocycles. The van der Waals surface area contributed by atoms with Crippen LogP contribution in [0.25, 0.3) is 0 Å². The van der Waals surface area contributed by atoms with Crippen LogP contribution in [0.3, 0.4) is 0 Å². The van der Waals surface area contributed by atoms with E-state index in [1.165, 1.54) is 18.2 Å². The summed E-state index contributed by atoms with van der Waals surface area (Å²) in [5, 5.41) is 6.14. The van der Waals surface area contributed by atoms with Crippen LogP contribution in [0.15, 0.2) is 18.2 Å². The summed E-state index contributed by atoms with van der Waals surface area (Å²) in [5.74, 6) is -0.909. The molecule has 0 radical (unpaired) electrons. The molecular formula is C15H20ClFN2O. The fraction of sp³-hybridized carbons (Fsp3) is 0.533. The minimum atomic E-state index is -0.574. The lowest BCUT2D eigenvalue weighted by Crippen LogP contribution is -2.52. The third-order valence-electron chi connectivity index (χ3n) is 3.99. The van der Waals surface area contributed by atoms with Crippen molar-refractivity contribution in [3.63, 3.8) is 0 Å². The molecule has 2 rings (SSSR count). The molecule has 1 heterocycles. The van der Waals surface area contributed by atoms with Crippen LogP contribution < -0.4 is 10.6 Å². The molecule has 0 bridgehead atoms. The van der Waals surface area contributed by atoms with Crippen molar-refractivity contribution in [1.29, 1.82) is 0 Å². The van der Waals surface area contributed by atoms with Crippen LogP contribution in [-0.2, 0) is 0 Å². The van der Waals surface area contributed by atoms with E-state index in [4.69, 9.17) is 11.6 Å². The van der Waals surface area contributed by atoms with Crippen LogP contribution in [0.2, 0.25) is 5.02 Å². The molecule has 1 amide bonds. The van der Waals surface area contributed by atoms with Crippen molar-refractivity contribution in [3.05, 3.63) is 34.6 Å². The molecule has 2 N–H and O–H groups in total. The van der Waals surface area contributed by atoms with Gasteiger partial charge in [0.2, 0.25) is 0 Å². The van der Waals surface area contributed by atoms with Crippen molar-refractivity contribution in [2.45, 2.75) is 32.7 Å². The van der Waals surface area contributed by atoms with Crippen LogP contribution in [0, 0.1) is 11.2 Å². The largest absolute Gasteiger partial charge is 0.350 e. The maximum absolute atomic E-state index is 13.3. The third kappa shape index (κ3) is 3.30. The van der Waals surface area contributed by atoms with Crippen LogP contribution in [0.5, 0.6) is 0 Å². The van der Waals surface area contributed by atoms with Gasteiger partial charge in [-0.15, -0.1) is 0 Å². The second-order valence-electron chi connectivity index (χ2n) is 5.91. The second-order valence-corrected chi connectivity index (χ2v) is 6.29. The van der Waals surface area contributed by atoms with E-state index in [1.807, 2.05) is 0 Å².